The third-order valence-electron chi connectivity index (χ3n) is 1.04. The van der Waals surface area contributed by atoms with E-state index in [1.807, 2.05) is 6.92 Å². The van der Waals surface area contributed by atoms with E-state index in [2.05, 4.69) is 17.2 Å². The van der Waals surface area contributed by atoms with E-state index in [-0.39, 0.29) is 0 Å². The van der Waals surface area contributed by atoms with Gasteiger partial charge in [0.15, 0.2) is 0 Å². The summed E-state index contributed by atoms with van der Waals surface area (Å²) in [6.07, 6.45) is 3.08. The maximum absolute atomic E-state index is 10.1. The van der Waals surface area contributed by atoms with E-state index in [9.17, 15) is 9.59 Å². The molecule has 5 heteroatoms. The zero-order valence-corrected chi connectivity index (χ0v) is 7.66. The topological polar surface area (TPSA) is 89.6 Å². The highest BCUT2D eigenvalue weighted by Crippen LogP contribution is 1.93. The number of hydrogen-bond donors (Lipinski definition) is 2. The van der Waals surface area contributed by atoms with Crippen molar-refractivity contribution in [3.63, 3.8) is 0 Å². The highest BCUT2D eigenvalue weighted by Gasteiger charge is 1.97. The standard InChI is InChI=1S/C5H10O3.C3H5NO/c1-2-3-4-5(6)8-7;1-2-3(4)5/h7H,2-4H2,1H3;2H,1H2,(H2,4,5). The minimum Gasteiger partial charge on any atom is -0.366 e. The van der Waals surface area contributed by atoms with Gasteiger partial charge in [0.25, 0.3) is 0 Å². The van der Waals surface area contributed by atoms with Gasteiger partial charge in [0, 0.05) is 6.42 Å². The molecule has 0 radical (unpaired) electrons. The van der Waals surface area contributed by atoms with Crippen LogP contribution < -0.4 is 5.73 Å². The van der Waals surface area contributed by atoms with Crippen LogP contribution in [-0.2, 0) is 14.5 Å². The monoisotopic (exact) mass is 189 g/mol. The third-order valence-corrected chi connectivity index (χ3v) is 1.04. The third kappa shape index (κ3) is 18.0. The van der Waals surface area contributed by atoms with Crippen LogP contribution in [0.3, 0.4) is 0 Å². The zero-order valence-electron chi connectivity index (χ0n) is 7.66. The molecule has 0 rings (SSSR count). The molecular formula is C8H15NO4. The molecule has 0 unspecified atom stereocenters. The normalized spacial score (nSPS) is 7.85. The van der Waals surface area contributed by atoms with Gasteiger partial charge in [-0.25, -0.2) is 4.79 Å². The molecule has 13 heavy (non-hydrogen) atoms. The largest absolute Gasteiger partial charge is 0.366 e. The van der Waals surface area contributed by atoms with Crippen molar-refractivity contribution in [2.45, 2.75) is 26.2 Å². The molecule has 0 aromatic rings. The number of primary amides is 1. The summed E-state index contributed by atoms with van der Waals surface area (Å²) >= 11 is 0. The molecule has 0 aliphatic carbocycles. The lowest BCUT2D eigenvalue weighted by molar-refractivity contribution is -0.234. The van der Waals surface area contributed by atoms with Gasteiger partial charge >= 0.3 is 5.97 Å². The van der Waals surface area contributed by atoms with Gasteiger partial charge in [-0.05, 0) is 12.5 Å². The second-order valence-electron chi connectivity index (χ2n) is 2.17. The summed E-state index contributed by atoms with van der Waals surface area (Å²) in [4.78, 5) is 23.0. The molecule has 3 N–H and O–H groups in total. The Kier molecular flexibility index (Phi) is 11.6. The Bertz CT molecular complexity index is 168. The minimum absolute atomic E-state index is 0.312. The molecular weight excluding hydrogens is 174 g/mol. The van der Waals surface area contributed by atoms with Gasteiger partial charge in [0.1, 0.15) is 0 Å². The smallest absolute Gasteiger partial charge is 0.342 e. The molecule has 0 aromatic heterocycles. The van der Waals surface area contributed by atoms with E-state index < -0.39 is 11.9 Å². The summed E-state index contributed by atoms with van der Waals surface area (Å²) in [7, 11) is 0. The van der Waals surface area contributed by atoms with Crippen molar-refractivity contribution in [1.29, 1.82) is 0 Å². The molecule has 5 nitrogen and oxygen atoms in total. The predicted octanol–water partition coefficient (Wildman–Crippen LogP) is 0.850. The van der Waals surface area contributed by atoms with Gasteiger partial charge in [0.05, 0.1) is 0 Å². The van der Waals surface area contributed by atoms with Crippen molar-refractivity contribution >= 4 is 11.9 Å². The zero-order chi connectivity index (χ0) is 10.7. The summed E-state index contributed by atoms with van der Waals surface area (Å²) < 4.78 is 0. The number of rotatable bonds is 4. The van der Waals surface area contributed by atoms with Crippen molar-refractivity contribution in [2.75, 3.05) is 0 Å². The highest BCUT2D eigenvalue weighted by molar-refractivity contribution is 5.84. The van der Waals surface area contributed by atoms with Crippen molar-refractivity contribution < 1.29 is 19.7 Å². The molecule has 0 fully saturated rings. The van der Waals surface area contributed by atoms with Crippen LogP contribution in [0, 0.1) is 0 Å². The maximum Gasteiger partial charge on any atom is 0.342 e. The first-order valence-corrected chi connectivity index (χ1v) is 3.84. The second kappa shape index (κ2) is 10.6. The van der Waals surface area contributed by atoms with E-state index in [1.165, 1.54) is 0 Å². The van der Waals surface area contributed by atoms with Crippen LogP contribution in [0.2, 0.25) is 0 Å². The molecule has 0 aliphatic rings. The Balaban J connectivity index is 0. The van der Waals surface area contributed by atoms with E-state index in [1.54, 1.807) is 0 Å². The average Bonchev–Trinajstić information content (AvgIpc) is 2.15. The fraction of sp³-hybridized carbons (Fsp3) is 0.500. The molecule has 0 bridgehead atoms. The van der Waals surface area contributed by atoms with Gasteiger partial charge in [-0.3, -0.25) is 4.79 Å². The van der Waals surface area contributed by atoms with Crippen molar-refractivity contribution in [3.05, 3.63) is 12.7 Å². The quantitative estimate of drug-likeness (QED) is 0.389. The number of carbonyl (C=O) groups excluding carboxylic acids is 2. The lowest BCUT2D eigenvalue weighted by Gasteiger charge is -1.90. The lowest BCUT2D eigenvalue weighted by Crippen LogP contribution is -2.04. The first-order chi connectivity index (χ1) is 6.08. The van der Waals surface area contributed by atoms with Gasteiger partial charge in [0.2, 0.25) is 5.91 Å². The second-order valence-corrected chi connectivity index (χ2v) is 2.17. The Morgan fingerprint density at radius 3 is 2.31 bits per heavy atom. The SMILES string of the molecule is C=CC(N)=O.CCCCC(=O)OO. The van der Waals surface area contributed by atoms with Crippen LogP contribution in [0.1, 0.15) is 26.2 Å². The summed E-state index contributed by atoms with van der Waals surface area (Å²) in [6.45, 7) is 5.05. The molecule has 0 aromatic carbocycles. The van der Waals surface area contributed by atoms with Gasteiger partial charge in [-0.2, -0.15) is 5.26 Å². The number of carbonyl (C=O) groups is 2. The fourth-order valence-electron chi connectivity index (χ4n) is 0.367. The molecule has 1 amide bonds. The predicted molar refractivity (Wildman–Crippen MR) is 47.6 cm³/mol. The summed E-state index contributed by atoms with van der Waals surface area (Å²) in [5.74, 6) is -1.03. The number of amides is 1. The van der Waals surface area contributed by atoms with Crippen LogP contribution in [0.25, 0.3) is 0 Å². The Morgan fingerprint density at radius 2 is 2.08 bits per heavy atom. The van der Waals surface area contributed by atoms with Crippen LogP contribution in [-0.4, -0.2) is 17.1 Å². The molecule has 0 saturated heterocycles. The van der Waals surface area contributed by atoms with Gasteiger partial charge < -0.3 is 10.6 Å². The van der Waals surface area contributed by atoms with Crippen molar-refractivity contribution in [3.8, 4) is 0 Å². The Hall–Kier alpha value is -1.36. The first kappa shape index (κ1) is 14.2. The van der Waals surface area contributed by atoms with Crippen LogP contribution in [0.4, 0.5) is 0 Å². The average molecular weight is 189 g/mol. The van der Waals surface area contributed by atoms with E-state index in [0.29, 0.717) is 6.42 Å². The minimum atomic E-state index is -0.549. The van der Waals surface area contributed by atoms with Gasteiger partial charge in [-0.1, -0.05) is 19.9 Å². The number of nitrogens with two attached hydrogens (primary N) is 1. The summed E-state index contributed by atoms with van der Waals surface area (Å²) in [5, 5.41) is 7.71. The Morgan fingerprint density at radius 1 is 1.62 bits per heavy atom. The number of hydrogen-bond acceptors (Lipinski definition) is 4. The Labute approximate surface area is 77.1 Å². The molecule has 0 saturated carbocycles. The molecule has 76 valence electrons. The van der Waals surface area contributed by atoms with Crippen LogP contribution >= 0.6 is 0 Å². The highest BCUT2D eigenvalue weighted by atomic mass is 17.1. The van der Waals surface area contributed by atoms with Crippen LogP contribution in [0.5, 0.6) is 0 Å². The van der Waals surface area contributed by atoms with E-state index >= 15 is 0 Å². The fourth-order valence-corrected chi connectivity index (χ4v) is 0.367. The lowest BCUT2D eigenvalue weighted by atomic mass is 10.3. The van der Waals surface area contributed by atoms with Crippen molar-refractivity contribution in [2.24, 2.45) is 5.73 Å². The number of unbranched alkanes of at least 4 members (excludes halogenated alkanes) is 1. The van der Waals surface area contributed by atoms with Gasteiger partial charge in [-0.15, -0.1) is 0 Å². The maximum atomic E-state index is 10.1. The molecule has 0 atom stereocenters. The van der Waals surface area contributed by atoms with E-state index in [0.717, 1.165) is 18.9 Å². The van der Waals surface area contributed by atoms with Crippen molar-refractivity contribution in [1.82, 2.24) is 0 Å². The summed E-state index contributed by atoms with van der Waals surface area (Å²) in [6, 6.07) is 0. The molecule has 0 aliphatic heterocycles. The molecule has 0 heterocycles. The van der Waals surface area contributed by atoms with Crippen LogP contribution in [0.15, 0.2) is 12.7 Å². The van der Waals surface area contributed by atoms with E-state index in [4.69, 9.17) is 5.26 Å². The first-order valence-electron chi connectivity index (χ1n) is 3.84. The summed E-state index contributed by atoms with van der Waals surface area (Å²) in [5.41, 5.74) is 4.53. The molecule has 0 spiro atoms.